The molecule has 0 radical (unpaired) electrons. The molecule has 1 N–H and O–H groups in total. The first-order valence-electron chi connectivity index (χ1n) is 6.20. The van der Waals surface area contributed by atoms with Gasteiger partial charge in [0.2, 0.25) is 0 Å². The van der Waals surface area contributed by atoms with E-state index in [1.807, 2.05) is 13.8 Å². The van der Waals surface area contributed by atoms with E-state index in [1.54, 1.807) is 0 Å². The molecule has 0 unspecified atom stereocenters. The van der Waals surface area contributed by atoms with Gasteiger partial charge in [0.05, 0.1) is 12.1 Å². The number of carbonyl (C=O) groups excluding carboxylic acids is 2. The van der Waals surface area contributed by atoms with Gasteiger partial charge in [-0.2, -0.15) is 0 Å². The van der Waals surface area contributed by atoms with Crippen molar-refractivity contribution in [3.63, 3.8) is 0 Å². The highest BCUT2D eigenvalue weighted by atomic mass is 35.5. The van der Waals surface area contributed by atoms with Crippen LogP contribution in [0.2, 0.25) is 5.02 Å². The number of rotatable bonds is 7. The van der Waals surface area contributed by atoms with Gasteiger partial charge in [0.15, 0.2) is 18.1 Å². The molecule has 0 atom stereocenters. The number of hydrogen-bond acceptors (Lipinski definition) is 4. The molecule has 0 spiro atoms. The first-order valence-corrected chi connectivity index (χ1v) is 6.58. The molecule has 0 aromatic heterocycles. The molecule has 5 nitrogen and oxygen atoms in total. The highest BCUT2D eigenvalue weighted by molar-refractivity contribution is 6.32. The van der Waals surface area contributed by atoms with Crippen LogP contribution < -0.4 is 14.8 Å². The third-order valence-corrected chi connectivity index (χ3v) is 2.72. The summed E-state index contributed by atoms with van der Waals surface area (Å²) in [6.45, 7) is 4.42. The molecule has 110 valence electrons. The van der Waals surface area contributed by atoms with E-state index in [9.17, 15) is 9.59 Å². The van der Waals surface area contributed by atoms with Crippen LogP contribution >= 0.6 is 11.6 Å². The van der Waals surface area contributed by atoms with Crippen molar-refractivity contribution in [2.45, 2.75) is 13.8 Å². The Hall–Kier alpha value is -1.75. The van der Waals surface area contributed by atoms with Crippen LogP contribution in [0.25, 0.3) is 0 Å². The predicted molar refractivity (Wildman–Crippen MR) is 76.7 cm³/mol. The number of carbonyl (C=O) groups is 2. The fourth-order valence-electron chi connectivity index (χ4n) is 1.45. The minimum atomic E-state index is -0.240. The van der Waals surface area contributed by atoms with Crippen LogP contribution in [0.15, 0.2) is 12.1 Å². The second-order valence-corrected chi connectivity index (χ2v) is 5.05. The van der Waals surface area contributed by atoms with Gasteiger partial charge in [0.25, 0.3) is 5.91 Å². The van der Waals surface area contributed by atoms with Gasteiger partial charge in [-0.1, -0.05) is 25.4 Å². The SMILES string of the molecule is COc1cc(C=O)cc(Cl)c1OCC(=O)NCC(C)C. The van der Waals surface area contributed by atoms with Gasteiger partial charge in [-0.25, -0.2) is 0 Å². The van der Waals surface area contributed by atoms with E-state index in [4.69, 9.17) is 21.1 Å². The number of aldehydes is 1. The quantitative estimate of drug-likeness (QED) is 0.785. The smallest absolute Gasteiger partial charge is 0.257 e. The van der Waals surface area contributed by atoms with Crippen LogP contribution in [-0.4, -0.2) is 32.5 Å². The van der Waals surface area contributed by atoms with Crippen molar-refractivity contribution >= 4 is 23.8 Å². The molecule has 0 aliphatic carbocycles. The number of hydrogen-bond donors (Lipinski definition) is 1. The average molecular weight is 300 g/mol. The molecule has 0 saturated heterocycles. The largest absolute Gasteiger partial charge is 0.493 e. The highest BCUT2D eigenvalue weighted by Crippen LogP contribution is 2.35. The number of benzene rings is 1. The zero-order chi connectivity index (χ0) is 15.1. The number of amides is 1. The number of methoxy groups -OCH3 is 1. The maximum atomic E-state index is 11.6. The molecule has 6 heteroatoms. The van der Waals surface area contributed by atoms with Crippen molar-refractivity contribution in [3.05, 3.63) is 22.7 Å². The van der Waals surface area contributed by atoms with Gasteiger partial charge in [-0.05, 0) is 18.1 Å². The van der Waals surface area contributed by atoms with Crippen molar-refractivity contribution in [2.24, 2.45) is 5.92 Å². The first kappa shape index (κ1) is 16.3. The molecular weight excluding hydrogens is 282 g/mol. The zero-order valence-electron chi connectivity index (χ0n) is 11.7. The number of ether oxygens (including phenoxy) is 2. The third kappa shape index (κ3) is 4.74. The highest BCUT2D eigenvalue weighted by Gasteiger charge is 2.13. The lowest BCUT2D eigenvalue weighted by molar-refractivity contribution is -0.123. The van der Waals surface area contributed by atoms with E-state index in [2.05, 4.69) is 5.32 Å². The Morgan fingerprint density at radius 3 is 2.70 bits per heavy atom. The summed E-state index contributed by atoms with van der Waals surface area (Å²) >= 11 is 6.01. The zero-order valence-corrected chi connectivity index (χ0v) is 12.5. The van der Waals surface area contributed by atoms with Crippen LogP contribution in [-0.2, 0) is 4.79 Å². The van der Waals surface area contributed by atoms with Gasteiger partial charge >= 0.3 is 0 Å². The van der Waals surface area contributed by atoms with Crippen molar-refractivity contribution in [1.29, 1.82) is 0 Å². The minimum absolute atomic E-state index is 0.163. The lowest BCUT2D eigenvalue weighted by Crippen LogP contribution is -2.31. The second-order valence-electron chi connectivity index (χ2n) is 4.64. The average Bonchev–Trinajstić information content (AvgIpc) is 2.42. The topological polar surface area (TPSA) is 64.6 Å². The van der Waals surface area contributed by atoms with E-state index >= 15 is 0 Å². The summed E-state index contributed by atoms with van der Waals surface area (Å²) in [4.78, 5) is 22.3. The summed E-state index contributed by atoms with van der Waals surface area (Å²) in [5.74, 6) is 0.691. The number of halogens is 1. The van der Waals surface area contributed by atoms with Crippen LogP contribution in [0, 0.1) is 5.92 Å². The van der Waals surface area contributed by atoms with E-state index in [0.717, 1.165) is 0 Å². The van der Waals surface area contributed by atoms with Crippen LogP contribution in [0.5, 0.6) is 11.5 Å². The van der Waals surface area contributed by atoms with Crippen molar-refractivity contribution in [2.75, 3.05) is 20.3 Å². The molecule has 0 bridgehead atoms. The van der Waals surface area contributed by atoms with E-state index < -0.39 is 0 Å². The van der Waals surface area contributed by atoms with Gasteiger partial charge in [-0.15, -0.1) is 0 Å². The fourth-order valence-corrected chi connectivity index (χ4v) is 1.73. The molecule has 20 heavy (non-hydrogen) atoms. The Balaban J connectivity index is 2.72. The molecule has 1 aromatic carbocycles. The fraction of sp³-hybridized carbons (Fsp3) is 0.429. The summed E-state index contributed by atoms with van der Waals surface area (Å²) in [7, 11) is 1.44. The molecular formula is C14H18ClNO4. The van der Waals surface area contributed by atoms with Gasteiger partial charge in [0, 0.05) is 12.1 Å². The van der Waals surface area contributed by atoms with E-state index in [0.29, 0.717) is 30.1 Å². The Kier molecular flexibility index (Phi) is 6.31. The molecule has 1 aromatic rings. The molecule has 0 aliphatic heterocycles. The maximum Gasteiger partial charge on any atom is 0.257 e. The first-order chi connectivity index (χ1) is 9.47. The Morgan fingerprint density at radius 2 is 2.15 bits per heavy atom. The second kappa shape index (κ2) is 7.75. The van der Waals surface area contributed by atoms with Crippen LogP contribution in [0.3, 0.4) is 0 Å². The van der Waals surface area contributed by atoms with Crippen LogP contribution in [0.4, 0.5) is 0 Å². The molecule has 0 fully saturated rings. The lowest BCUT2D eigenvalue weighted by Gasteiger charge is -2.13. The molecule has 0 saturated carbocycles. The third-order valence-electron chi connectivity index (χ3n) is 2.44. The minimum Gasteiger partial charge on any atom is -0.493 e. The molecule has 0 aliphatic rings. The normalized spacial score (nSPS) is 10.2. The van der Waals surface area contributed by atoms with Crippen LogP contribution in [0.1, 0.15) is 24.2 Å². The Bertz CT molecular complexity index is 488. The molecule has 1 rings (SSSR count). The van der Waals surface area contributed by atoms with Crippen molar-refractivity contribution < 1.29 is 19.1 Å². The standard InChI is InChI=1S/C14H18ClNO4/c1-9(2)6-16-13(18)8-20-14-11(15)4-10(7-17)5-12(14)19-3/h4-5,7,9H,6,8H2,1-3H3,(H,16,18). The summed E-state index contributed by atoms with van der Waals surface area (Å²) in [6.07, 6.45) is 0.660. The Labute approximate surface area is 123 Å². The van der Waals surface area contributed by atoms with E-state index in [-0.39, 0.29) is 23.3 Å². The lowest BCUT2D eigenvalue weighted by atomic mass is 10.2. The summed E-state index contributed by atoms with van der Waals surface area (Å²) in [5.41, 5.74) is 0.378. The molecule has 0 heterocycles. The Morgan fingerprint density at radius 1 is 1.45 bits per heavy atom. The van der Waals surface area contributed by atoms with Crippen molar-refractivity contribution in [1.82, 2.24) is 5.32 Å². The summed E-state index contributed by atoms with van der Waals surface area (Å²) in [6, 6.07) is 2.96. The predicted octanol–water partition coefficient (Wildman–Crippen LogP) is 2.31. The van der Waals surface area contributed by atoms with Gasteiger partial charge in [-0.3, -0.25) is 9.59 Å². The van der Waals surface area contributed by atoms with E-state index in [1.165, 1.54) is 19.2 Å². The molecule has 1 amide bonds. The van der Waals surface area contributed by atoms with Gasteiger partial charge in [0.1, 0.15) is 6.29 Å². The number of nitrogens with one attached hydrogen (secondary N) is 1. The van der Waals surface area contributed by atoms with Crippen molar-refractivity contribution in [3.8, 4) is 11.5 Å². The van der Waals surface area contributed by atoms with Gasteiger partial charge < -0.3 is 14.8 Å². The monoisotopic (exact) mass is 299 g/mol. The summed E-state index contributed by atoms with van der Waals surface area (Å²) < 4.78 is 10.5. The maximum absolute atomic E-state index is 11.6. The summed E-state index contributed by atoms with van der Waals surface area (Å²) in [5, 5.41) is 2.95.